The summed E-state index contributed by atoms with van der Waals surface area (Å²) in [7, 11) is 0. The maximum atomic E-state index is 11.8. The Morgan fingerprint density at radius 3 is 2.43 bits per heavy atom. The molecule has 0 spiro atoms. The van der Waals surface area contributed by atoms with Crippen molar-refractivity contribution < 1.29 is 14.6 Å². The average Bonchev–Trinajstić information content (AvgIpc) is 2.89. The SMILES string of the molecule is C=C(c1ccc(COc2ccc(C(C)=O)c(O)c2C(C)C)cc1)c1cccc(C(=N/C=C/CC)NN)c1. The molecule has 3 aromatic rings. The molecule has 0 saturated heterocycles. The third-order valence-corrected chi connectivity index (χ3v) is 6.00. The summed E-state index contributed by atoms with van der Waals surface area (Å²) in [6.45, 7) is 12.0. The molecule has 6 heteroatoms. The van der Waals surface area contributed by atoms with Gasteiger partial charge in [-0.15, -0.1) is 0 Å². The zero-order valence-corrected chi connectivity index (χ0v) is 21.9. The molecule has 0 aromatic heterocycles. The number of nitrogens with zero attached hydrogens (tertiary/aromatic N) is 1. The molecule has 0 unspecified atom stereocenters. The quantitative estimate of drug-likeness (QED) is 0.0978. The van der Waals surface area contributed by atoms with Gasteiger partial charge in [0.15, 0.2) is 5.78 Å². The lowest BCUT2D eigenvalue weighted by atomic mass is 9.96. The van der Waals surface area contributed by atoms with E-state index in [1.54, 1.807) is 18.3 Å². The van der Waals surface area contributed by atoms with Gasteiger partial charge in [0, 0.05) is 17.3 Å². The highest BCUT2D eigenvalue weighted by molar-refractivity contribution is 6.00. The molecule has 0 bridgehead atoms. The molecule has 3 rings (SSSR count). The van der Waals surface area contributed by atoms with Crippen LogP contribution in [0.2, 0.25) is 0 Å². The van der Waals surface area contributed by atoms with E-state index in [4.69, 9.17) is 10.6 Å². The largest absolute Gasteiger partial charge is 0.507 e. The number of nitrogens with one attached hydrogen (secondary N) is 1. The van der Waals surface area contributed by atoms with Crippen molar-refractivity contribution in [2.45, 2.75) is 46.6 Å². The van der Waals surface area contributed by atoms with Crippen molar-refractivity contribution in [3.63, 3.8) is 0 Å². The number of phenolic OH excluding ortho intramolecular Hbond substituents is 1. The second kappa shape index (κ2) is 12.7. The van der Waals surface area contributed by atoms with Crippen molar-refractivity contribution in [2.24, 2.45) is 10.8 Å². The van der Waals surface area contributed by atoms with E-state index in [1.165, 1.54) is 6.92 Å². The Bertz CT molecular complexity index is 1320. The summed E-state index contributed by atoms with van der Waals surface area (Å²) in [5.74, 6) is 6.65. The second-order valence-corrected chi connectivity index (χ2v) is 9.04. The molecule has 0 radical (unpaired) electrons. The van der Waals surface area contributed by atoms with E-state index in [0.717, 1.165) is 34.2 Å². The molecule has 0 heterocycles. The summed E-state index contributed by atoms with van der Waals surface area (Å²) < 4.78 is 6.05. The van der Waals surface area contributed by atoms with Crippen LogP contribution in [-0.4, -0.2) is 16.7 Å². The van der Waals surface area contributed by atoms with E-state index in [0.29, 0.717) is 29.3 Å². The average molecular weight is 498 g/mol. The molecule has 4 N–H and O–H groups in total. The first kappa shape index (κ1) is 27.4. The minimum absolute atomic E-state index is 0.00142. The number of carbonyl (C=O) groups excluding carboxylic acids is 1. The monoisotopic (exact) mass is 497 g/mol. The molecule has 0 aliphatic rings. The van der Waals surface area contributed by atoms with Gasteiger partial charge in [-0.2, -0.15) is 0 Å². The van der Waals surface area contributed by atoms with Crippen LogP contribution in [0.25, 0.3) is 5.57 Å². The maximum Gasteiger partial charge on any atom is 0.163 e. The number of aromatic hydroxyl groups is 1. The van der Waals surface area contributed by atoms with Gasteiger partial charge in [-0.1, -0.05) is 75.9 Å². The van der Waals surface area contributed by atoms with E-state index in [1.807, 2.05) is 75.4 Å². The minimum Gasteiger partial charge on any atom is -0.507 e. The number of hydrogen-bond acceptors (Lipinski definition) is 5. The van der Waals surface area contributed by atoms with Crippen LogP contribution in [-0.2, 0) is 6.61 Å². The van der Waals surface area contributed by atoms with Gasteiger partial charge in [0.05, 0.1) is 5.56 Å². The van der Waals surface area contributed by atoms with Crippen LogP contribution >= 0.6 is 0 Å². The van der Waals surface area contributed by atoms with Crippen LogP contribution < -0.4 is 16.0 Å². The van der Waals surface area contributed by atoms with Gasteiger partial charge < -0.3 is 15.3 Å². The fraction of sp³-hybridized carbons (Fsp3) is 0.226. The van der Waals surface area contributed by atoms with E-state index < -0.39 is 0 Å². The molecule has 0 saturated carbocycles. The summed E-state index contributed by atoms with van der Waals surface area (Å²) in [4.78, 5) is 16.2. The standard InChI is InChI=1S/C31H35N3O3/c1-6-7-17-33-31(34-32)26-10-8-9-25(18-26)21(4)24-13-11-23(12-14-24)19-37-28-16-15-27(22(5)35)30(36)29(28)20(2)3/h7-18,20,36H,4,6,19,32H2,1-3,5H3,(H,33,34)/b17-7+. The number of aliphatic imine (C=N–C) groups is 1. The fourth-order valence-corrected chi connectivity index (χ4v) is 3.97. The number of rotatable bonds is 10. The van der Waals surface area contributed by atoms with E-state index >= 15 is 0 Å². The number of amidine groups is 1. The van der Waals surface area contributed by atoms with Crippen molar-refractivity contribution in [2.75, 3.05) is 0 Å². The Kier molecular flexibility index (Phi) is 9.41. The molecule has 3 aromatic carbocycles. The smallest absolute Gasteiger partial charge is 0.163 e. The molecular weight excluding hydrogens is 462 g/mol. The summed E-state index contributed by atoms with van der Waals surface area (Å²) in [5, 5.41) is 10.6. The van der Waals surface area contributed by atoms with Gasteiger partial charge in [-0.25, -0.2) is 10.8 Å². The summed E-state index contributed by atoms with van der Waals surface area (Å²) >= 11 is 0. The van der Waals surface area contributed by atoms with Crippen LogP contribution in [0, 0.1) is 0 Å². The lowest BCUT2D eigenvalue weighted by molar-refractivity contribution is 0.101. The molecule has 0 atom stereocenters. The van der Waals surface area contributed by atoms with E-state index in [-0.39, 0.29) is 17.5 Å². The predicted molar refractivity (Wildman–Crippen MR) is 151 cm³/mol. The summed E-state index contributed by atoms with van der Waals surface area (Å²) in [6, 6.07) is 19.3. The molecule has 192 valence electrons. The third kappa shape index (κ3) is 6.74. The van der Waals surface area contributed by atoms with Crippen LogP contribution in [0.15, 0.2) is 84.5 Å². The molecule has 0 aliphatic heterocycles. The van der Waals surface area contributed by atoms with Crippen molar-refractivity contribution in [1.29, 1.82) is 0 Å². The van der Waals surface area contributed by atoms with Crippen LogP contribution in [0.1, 0.15) is 78.2 Å². The number of Topliss-reactive ketones (excluding diaryl/α,β-unsaturated/α-hetero) is 1. The number of phenols is 1. The van der Waals surface area contributed by atoms with Crippen LogP contribution in [0.5, 0.6) is 11.5 Å². The Balaban J connectivity index is 1.76. The van der Waals surface area contributed by atoms with Gasteiger partial charge in [-0.3, -0.25) is 4.79 Å². The highest BCUT2D eigenvalue weighted by Crippen LogP contribution is 2.37. The van der Waals surface area contributed by atoms with Gasteiger partial charge >= 0.3 is 0 Å². The van der Waals surface area contributed by atoms with Crippen LogP contribution in [0.4, 0.5) is 0 Å². The Labute approximate surface area is 219 Å². The van der Waals surface area contributed by atoms with Gasteiger partial charge in [0.25, 0.3) is 0 Å². The summed E-state index contributed by atoms with van der Waals surface area (Å²) in [6.07, 6.45) is 4.59. The third-order valence-electron chi connectivity index (χ3n) is 6.00. The molecule has 6 nitrogen and oxygen atoms in total. The van der Waals surface area contributed by atoms with Gasteiger partial charge in [-0.05, 0) is 59.7 Å². The zero-order valence-electron chi connectivity index (χ0n) is 21.9. The van der Waals surface area contributed by atoms with Crippen molar-refractivity contribution in [3.8, 4) is 11.5 Å². The van der Waals surface area contributed by atoms with Crippen LogP contribution in [0.3, 0.4) is 0 Å². The Morgan fingerprint density at radius 1 is 1.11 bits per heavy atom. The number of ether oxygens (including phenoxy) is 1. The lowest BCUT2D eigenvalue weighted by Crippen LogP contribution is -2.30. The Morgan fingerprint density at radius 2 is 1.81 bits per heavy atom. The van der Waals surface area contributed by atoms with Crippen molar-refractivity contribution >= 4 is 17.2 Å². The molecule has 0 fully saturated rings. The van der Waals surface area contributed by atoms with Crippen molar-refractivity contribution in [1.82, 2.24) is 5.43 Å². The molecule has 0 amide bonds. The van der Waals surface area contributed by atoms with E-state index in [2.05, 4.69) is 17.0 Å². The maximum absolute atomic E-state index is 11.8. The number of hydrazine groups is 1. The normalized spacial score (nSPS) is 11.7. The molecule has 37 heavy (non-hydrogen) atoms. The van der Waals surface area contributed by atoms with Crippen molar-refractivity contribution in [3.05, 3.63) is 113 Å². The number of nitrogens with two attached hydrogens (primary N) is 1. The number of carbonyl (C=O) groups is 1. The topological polar surface area (TPSA) is 96.9 Å². The first-order chi connectivity index (χ1) is 17.8. The highest BCUT2D eigenvalue weighted by atomic mass is 16.5. The zero-order chi connectivity index (χ0) is 26.9. The Hall–Kier alpha value is -4.16. The highest BCUT2D eigenvalue weighted by Gasteiger charge is 2.19. The molecular formula is C31H35N3O3. The predicted octanol–water partition coefficient (Wildman–Crippen LogP) is 6.49. The minimum atomic E-state index is -0.177. The number of ketones is 1. The van der Waals surface area contributed by atoms with E-state index in [9.17, 15) is 9.90 Å². The number of benzene rings is 3. The summed E-state index contributed by atoms with van der Waals surface area (Å²) in [5.41, 5.74) is 8.27. The second-order valence-electron chi connectivity index (χ2n) is 9.04. The van der Waals surface area contributed by atoms with Gasteiger partial charge in [0.1, 0.15) is 23.9 Å². The lowest BCUT2D eigenvalue weighted by Gasteiger charge is -2.17. The number of hydrogen-bond donors (Lipinski definition) is 3. The molecule has 0 aliphatic carbocycles. The first-order valence-electron chi connectivity index (χ1n) is 12.3. The first-order valence-corrected chi connectivity index (χ1v) is 12.3. The van der Waals surface area contributed by atoms with Gasteiger partial charge in [0.2, 0.25) is 0 Å². The number of allylic oxidation sites excluding steroid dienone is 1. The fourth-order valence-electron chi connectivity index (χ4n) is 3.97.